The number of furan rings is 1. The predicted octanol–water partition coefficient (Wildman–Crippen LogP) is 1.71. The Balaban J connectivity index is 1.99. The number of fused-ring (bicyclic) bond motifs is 1. The van der Waals surface area contributed by atoms with Crippen LogP contribution >= 0.6 is 0 Å². The lowest BCUT2D eigenvalue weighted by Gasteiger charge is -2.03. The first kappa shape index (κ1) is 15.0. The zero-order valence-electron chi connectivity index (χ0n) is 11.3. The van der Waals surface area contributed by atoms with Crippen LogP contribution in [0.2, 0.25) is 0 Å². The molecule has 2 rings (SSSR count). The lowest BCUT2D eigenvalue weighted by atomic mass is 10.1. The number of hydrogen-bond donors (Lipinski definition) is 2. The summed E-state index contributed by atoms with van der Waals surface area (Å²) in [5.41, 5.74) is 0.981. The Hall–Kier alpha value is -2.41. The highest BCUT2D eigenvalue weighted by Gasteiger charge is 2.17. The lowest BCUT2D eigenvalue weighted by molar-refractivity contribution is -0.142. The summed E-state index contributed by atoms with van der Waals surface area (Å²) in [5, 5.41) is 11.5. The molecule has 0 saturated carbocycles. The number of rotatable bonds is 6. The van der Waals surface area contributed by atoms with Crippen LogP contribution in [0.3, 0.4) is 0 Å². The van der Waals surface area contributed by atoms with Crippen LogP contribution in [-0.4, -0.2) is 36.7 Å². The molecular weight excluding hydrogens is 281 g/mol. The largest absolute Gasteiger partial charge is 0.480 e. The third-order valence-electron chi connectivity index (χ3n) is 2.86. The molecule has 0 radical (unpaired) electrons. The number of benzene rings is 1. The van der Waals surface area contributed by atoms with Gasteiger partial charge in [-0.3, -0.25) is 4.79 Å². The second-order valence-electron chi connectivity index (χ2n) is 4.40. The Labute approximate surface area is 119 Å². The van der Waals surface area contributed by atoms with Gasteiger partial charge in [-0.2, -0.15) is 0 Å². The molecule has 1 aromatic heterocycles. The fourth-order valence-corrected chi connectivity index (χ4v) is 1.89. The van der Waals surface area contributed by atoms with Crippen LogP contribution < -0.4 is 5.32 Å². The number of hydrogen-bond acceptors (Lipinski definition) is 4. The maximum atomic E-state index is 13.2. The summed E-state index contributed by atoms with van der Waals surface area (Å²) in [6.45, 7) is 1.48. The van der Waals surface area contributed by atoms with Crippen molar-refractivity contribution in [2.75, 3.05) is 19.8 Å². The summed E-state index contributed by atoms with van der Waals surface area (Å²) in [5.74, 6) is -1.83. The van der Waals surface area contributed by atoms with E-state index in [2.05, 4.69) is 5.32 Å². The van der Waals surface area contributed by atoms with Crippen LogP contribution in [0.4, 0.5) is 4.39 Å². The number of carboxylic acids is 1. The van der Waals surface area contributed by atoms with E-state index in [1.54, 1.807) is 6.92 Å². The molecule has 0 aliphatic rings. The molecule has 0 unspecified atom stereocenters. The van der Waals surface area contributed by atoms with E-state index in [0.29, 0.717) is 16.5 Å². The maximum absolute atomic E-state index is 13.2. The average molecular weight is 295 g/mol. The summed E-state index contributed by atoms with van der Waals surface area (Å²) in [6, 6.07) is 4.03. The van der Waals surface area contributed by atoms with Crippen LogP contribution in [0, 0.1) is 12.7 Å². The summed E-state index contributed by atoms with van der Waals surface area (Å²) in [6.07, 6.45) is 0. The summed E-state index contributed by atoms with van der Waals surface area (Å²) in [7, 11) is 0. The molecule has 7 heteroatoms. The number of halogens is 1. The highest BCUT2D eigenvalue weighted by Crippen LogP contribution is 2.25. The molecule has 2 aromatic rings. The molecule has 0 aliphatic carbocycles. The van der Waals surface area contributed by atoms with Gasteiger partial charge in [-0.25, -0.2) is 9.18 Å². The van der Waals surface area contributed by atoms with E-state index in [1.807, 2.05) is 0 Å². The van der Waals surface area contributed by atoms with Gasteiger partial charge in [-0.1, -0.05) is 0 Å². The molecular formula is C14H14FNO5. The molecule has 0 fully saturated rings. The van der Waals surface area contributed by atoms with Crippen LogP contribution in [0.15, 0.2) is 22.6 Å². The van der Waals surface area contributed by atoms with Crippen molar-refractivity contribution in [3.05, 3.63) is 35.3 Å². The van der Waals surface area contributed by atoms with Crippen molar-refractivity contribution in [1.82, 2.24) is 5.32 Å². The second kappa shape index (κ2) is 6.36. The smallest absolute Gasteiger partial charge is 0.329 e. The highest BCUT2D eigenvalue weighted by molar-refractivity contribution is 5.98. The Morgan fingerprint density at radius 2 is 2.19 bits per heavy atom. The zero-order chi connectivity index (χ0) is 15.4. The minimum atomic E-state index is -1.07. The van der Waals surface area contributed by atoms with Crippen molar-refractivity contribution >= 4 is 22.8 Å². The van der Waals surface area contributed by atoms with Crippen LogP contribution in [0.25, 0.3) is 11.0 Å². The van der Waals surface area contributed by atoms with Crippen LogP contribution in [0.5, 0.6) is 0 Å². The fraction of sp³-hybridized carbons (Fsp3) is 0.286. The van der Waals surface area contributed by atoms with Gasteiger partial charge in [0.25, 0.3) is 5.91 Å². The van der Waals surface area contributed by atoms with Crippen molar-refractivity contribution in [3.8, 4) is 0 Å². The van der Waals surface area contributed by atoms with Gasteiger partial charge in [0.05, 0.1) is 6.61 Å². The van der Waals surface area contributed by atoms with Gasteiger partial charge in [-0.15, -0.1) is 0 Å². The molecule has 0 spiro atoms. The number of amides is 1. The van der Waals surface area contributed by atoms with Crippen molar-refractivity contribution in [1.29, 1.82) is 0 Å². The van der Waals surface area contributed by atoms with E-state index in [1.165, 1.54) is 18.2 Å². The summed E-state index contributed by atoms with van der Waals surface area (Å²) >= 11 is 0. The number of carboxylic acid groups (broad SMARTS) is 1. The van der Waals surface area contributed by atoms with Gasteiger partial charge < -0.3 is 19.6 Å². The Morgan fingerprint density at radius 1 is 1.43 bits per heavy atom. The molecule has 6 nitrogen and oxygen atoms in total. The Morgan fingerprint density at radius 3 is 2.90 bits per heavy atom. The first-order valence-electron chi connectivity index (χ1n) is 6.25. The number of carbonyl (C=O) groups excluding carboxylic acids is 1. The van der Waals surface area contributed by atoms with E-state index >= 15 is 0 Å². The van der Waals surface area contributed by atoms with E-state index in [4.69, 9.17) is 14.3 Å². The molecule has 21 heavy (non-hydrogen) atoms. The first-order valence-corrected chi connectivity index (χ1v) is 6.25. The average Bonchev–Trinajstić information content (AvgIpc) is 2.75. The molecule has 0 aliphatic heterocycles. The van der Waals surface area contributed by atoms with Gasteiger partial charge in [0, 0.05) is 17.5 Å². The quantitative estimate of drug-likeness (QED) is 0.792. The molecule has 2 N–H and O–H groups in total. The number of aliphatic carboxylic acids is 1. The van der Waals surface area contributed by atoms with E-state index in [9.17, 15) is 14.0 Å². The van der Waals surface area contributed by atoms with Crippen LogP contribution in [-0.2, 0) is 9.53 Å². The minimum absolute atomic E-state index is 0.0753. The van der Waals surface area contributed by atoms with Gasteiger partial charge >= 0.3 is 5.97 Å². The van der Waals surface area contributed by atoms with E-state index in [0.717, 1.165) is 0 Å². The normalized spacial score (nSPS) is 10.8. The first-order chi connectivity index (χ1) is 9.99. The van der Waals surface area contributed by atoms with Gasteiger partial charge in [0.15, 0.2) is 5.76 Å². The Kier molecular flexibility index (Phi) is 4.54. The van der Waals surface area contributed by atoms with Crippen molar-refractivity contribution < 1.29 is 28.2 Å². The second-order valence-corrected chi connectivity index (χ2v) is 4.40. The van der Waals surface area contributed by atoms with E-state index < -0.39 is 24.3 Å². The number of ether oxygens (including phenoxy) is 1. The predicted molar refractivity (Wildman–Crippen MR) is 71.7 cm³/mol. The number of aryl methyl sites for hydroxylation is 1. The summed E-state index contributed by atoms with van der Waals surface area (Å²) < 4.78 is 23.4. The topological polar surface area (TPSA) is 88.8 Å². The molecule has 112 valence electrons. The molecule has 1 heterocycles. The minimum Gasteiger partial charge on any atom is -0.480 e. The van der Waals surface area contributed by atoms with Gasteiger partial charge in [-0.05, 0) is 25.1 Å². The molecule has 0 bridgehead atoms. The van der Waals surface area contributed by atoms with Gasteiger partial charge in [0.2, 0.25) is 0 Å². The molecule has 1 amide bonds. The zero-order valence-corrected chi connectivity index (χ0v) is 11.3. The van der Waals surface area contributed by atoms with Crippen LogP contribution in [0.1, 0.15) is 16.1 Å². The molecule has 1 aromatic carbocycles. The number of nitrogens with one attached hydrogen (secondary N) is 1. The van der Waals surface area contributed by atoms with Gasteiger partial charge in [0.1, 0.15) is 18.0 Å². The highest BCUT2D eigenvalue weighted by atomic mass is 19.1. The lowest BCUT2D eigenvalue weighted by Crippen LogP contribution is -2.28. The SMILES string of the molecule is Cc1c(C(=O)NCCOCC(=O)O)oc2ccc(F)cc12. The monoisotopic (exact) mass is 295 g/mol. The summed E-state index contributed by atoms with van der Waals surface area (Å²) in [4.78, 5) is 22.2. The van der Waals surface area contributed by atoms with Crippen molar-refractivity contribution in [3.63, 3.8) is 0 Å². The standard InChI is InChI=1S/C14H14FNO5/c1-8-10-6-9(15)2-3-11(10)21-13(8)14(19)16-4-5-20-7-12(17)18/h2-3,6H,4-5,7H2,1H3,(H,16,19)(H,17,18). The third-order valence-corrected chi connectivity index (χ3v) is 2.86. The fourth-order valence-electron chi connectivity index (χ4n) is 1.89. The Bertz CT molecular complexity index is 679. The molecule has 0 atom stereocenters. The number of carbonyl (C=O) groups is 2. The van der Waals surface area contributed by atoms with E-state index in [-0.39, 0.29) is 18.9 Å². The van der Waals surface area contributed by atoms with Crippen molar-refractivity contribution in [2.45, 2.75) is 6.92 Å². The molecule has 0 saturated heterocycles. The maximum Gasteiger partial charge on any atom is 0.329 e. The van der Waals surface area contributed by atoms with Crippen molar-refractivity contribution in [2.24, 2.45) is 0 Å². The third kappa shape index (κ3) is 3.57.